The number of ether oxygens (including phenoxy) is 2. The van der Waals surface area contributed by atoms with Crippen LogP contribution in [0.2, 0.25) is 0 Å². The Balaban J connectivity index is 2.84. The molecule has 2 atom stereocenters. The first-order chi connectivity index (χ1) is 8.12. The Morgan fingerprint density at radius 2 is 1.82 bits per heavy atom. The van der Waals surface area contributed by atoms with E-state index in [4.69, 9.17) is 20.9 Å². The predicted molar refractivity (Wildman–Crippen MR) is 69.3 cm³/mol. The van der Waals surface area contributed by atoms with E-state index in [1.165, 1.54) is 0 Å². The summed E-state index contributed by atoms with van der Waals surface area (Å²) in [4.78, 5) is 0. The number of benzene rings is 1. The summed E-state index contributed by atoms with van der Waals surface area (Å²) in [5.74, 6) is 1.84. The van der Waals surface area contributed by atoms with Crippen molar-refractivity contribution in [1.29, 1.82) is 0 Å². The Labute approximate surface area is 103 Å². The van der Waals surface area contributed by atoms with Gasteiger partial charge in [0.05, 0.1) is 14.2 Å². The van der Waals surface area contributed by atoms with Gasteiger partial charge in [0.2, 0.25) is 0 Å². The zero-order valence-electron chi connectivity index (χ0n) is 10.8. The smallest absolute Gasteiger partial charge is 0.161 e. The lowest BCUT2D eigenvalue weighted by molar-refractivity contribution is 0.354. The molecule has 0 amide bonds. The summed E-state index contributed by atoms with van der Waals surface area (Å²) in [6, 6.07) is 5.75. The van der Waals surface area contributed by atoms with Crippen molar-refractivity contribution in [3.8, 4) is 11.5 Å². The number of hydrogen-bond donors (Lipinski definition) is 2. The normalized spacial score (nSPS) is 14.2. The lowest BCUT2D eigenvalue weighted by Crippen LogP contribution is -2.19. The fourth-order valence-corrected chi connectivity index (χ4v) is 1.75. The molecule has 4 N–H and O–H groups in total. The molecule has 1 rings (SSSR count). The average Bonchev–Trinajstić information content (AvgIpc) is 2.37. The third kappa shape index (κ3) is 3.61. The molecule has 0 aliphatic carbocycles. The van der Waals surface area contributed by atoms with E-state index in [-0.39, 0.29) is 6.04 Å². The Kier molecular flexibility index (Phi) is 5.25. The van der Waals surface area contributed by atoms with Gasteiger partial charge in [-0.3, -0.25) is 0 Å². The van der Waals surface area contributed by atoms with Crippen molar-refractivity contribution >= 4 is 0 Å². The lowest BCUT2D eigenvalue weighted by Gasteiger charge is -2.17. The van der Waals surface area contributed by atoms with Gasteiger partial charge >= 0.3 is 0 Å². The fourth-order valence-electron chi connectivity index (χ4n) is 1.75. The molecule has 1 aromatic carbocycles. The van der Waals surface area contributed by atoms with Crippen molar-refractivity contribution in [3.63, 3.8) is 0 Å². The number of methoxy groups -OCH3 is 2. The van der Waals surface area contributed by atoms with E-state index in [0.29, 0.717) is 18.2 Å². The molecule has 0 radical (unpaired) electrons. The van der Waals surface area contributed by atoms with E-state index >= 15 is 0 Å². The lowest BCUT2D eigenvalue weighted by atomic mass is 9.96. The largest absolute Gasteiger partial charge is 0.493 e. The molecule has 96 valence electrons. The van der Waals surface area contributed by atoms with Crippen LogP contribution in [0.25, 0.3) is 0 Å². The highest BCUT2D eigenvalue weighted by Crippen LogP contribution is 2.30. The minimum absolute atomic E-state index is 0.0200. The number of hydrogen-bond acceptors (Lipinski definition) is 4. The Hall–Kier alpha value is -1.26. The van der Waals surface area contributed by atoms with E-state index < -0.39 is 0 Å². The summed E-state index contributed by atoms with van der Waals surface area (Å²) in [5, 5.41) is 0. The Morgan fingerprint density at radius 1 is 1.18 bits per heavy atom. The van der Waals surface area contributed by atoms with Crippen LogP contribution < -0.4 is 20.9 Å². The average molecular weight is 238 g/mol. The molecule has 0 saturated heterocycles. The molecule has 4 nitrogen and oxygen atoms in total. The molecule has 1 aromatic rings. The molecule has 0 aromatic heterocycles. The van der Waals surface area contributed by atoms with Crippen molar-refractivity contribution in [1.82, 2.24) is 0 Å². The summed E-state index contributed by atoms with van der Waals surface area (Å²) in [7, 11) is 3.24. The minimum Gasteiger partial charge on any atom is -0.493 e. The van der Waals surface area contributed by atoms with Gasteiger partial charge in [0.25, 0.3) is 0 Å². The monoisotopic (exact) mass is 238 g/mol. The van der Waals surface area contributed by atoms with Gasteiger partial charge in [0, 0.05) is 6.04 Å². The summed E-state index contributed by atoms with van der Waals surface area (Å²) in [5.41, 5.74) is 12.8. The van der Waals surface area contributed by atoms with Gasteiger partial charge in [-0.25, -0.2) is 0 Å². The summed E-state index contributed by atoms with van der Waals surface area (Å²) >= 11 is 0. The van der Waals surface area contributed by atoms with E-state index in [0.717, 1.165) is 17.7 Å². The first-order valence-corrected chi connectivity index (χ1v) is 5.80. The van der Waals surface area contributed by atoms with E-state index in [1.54, 1.807) is 14.2 Å². The molecule has 0 saturated carbocycles. The van der Waals surface area contributed by atoms with Crippen molar-refractivity contribution < 1.29 is 9.47 Å². The predicted octanol–water partition coefficient (Wildman–Crippen LogP) is 1.69. The zero-order chi connectivity index (χ0) is 12.8. The topological polar surface area (TPSA) is 70.5 Å². The Bertz CT molecular complexity index is 355. The third-order valence-electron chi connectivity index (χ3n) is 2.89. The van der Waals surface area contributed by atoms with Crippen LogP contribution in [-0.2, 0) is 0 Å². The molecule has 0 aliphatic heterocycles. The van der Waals surface area contributed by atoms with Crippen LogP contribution >= 0.6 is 0 Å². The number of rotatable bonds is 6. The van der Waals surface area contributed by atoms with Gasteiger partial charge in [0.1, 0.15) is 0 Å². The van der Waals surface area contributed by atoms with E-state index in [9.17, 15) is 0 Å². The minimum atomic E-state index is -0.0200. The van der Waals surface area contributed by atoms with Gasteiger partial charge in [0.15, 0.2) is 11.5 Å². The summed E-state index contributed by atoms with van der Waals surface area (Å²) in [6.07, 6.45) is 0.867. The van der Waals surface area contributed by atoms with Crippen molar-refractivity contribution in [3.05, 3.63) is 23.8 Å². The van der Waals surface area contributed by atoms with Gasteiger partial charge in [-0.15, -0.1) is 0 Å². The molecule has 0 heterocycles. The van der Waals surface area contributed by atoms with Crippen LogP contribution in [0.15, 0.2) is 18.2 Å². The van der Waals surface area contributed by atoms with Crippen molar-refractivity contribution in [2.45, 2.75) is 19.4 Å². The maximum absolute atomic E-state index is 6.13. The van der Waals surface area contributed by atoms with Gasteiger partial charge < -0.3 is 20.9 Å². The standard InChI is InChI=1S/C13H22N2O2/c1-9(8-14)6-11(15)10-4-5-12(16-2)13(7-10)17-3/h4-5,7,9,11H,6,8,14-15H2,1-3H3. The second kappa shape index (κ2) is 6.47. The summed E-state index contributed by atoms with van der Waals surface area (Å²) < 4.78 is 10.4. The SMILES string of the molecule is COc1ccc(C(N)CC(C)CN)cc1OC. The molecule has 0 bridgehead atoms. The highest BCUT2D eigenvalue weighted by atomic mass is 16.5. The highest BCUT2D eigenvalue weighted by molar-refractivity contribution is 5.43. The summed E-state index contributed by atoms with van der Waals surface area (Å²) in [6.45, 7) is 2.75. The van der Waals surface area contributed by atoms with Crippen LogP contribution in [0.3, 0.4) is 0 Å². The molecule has 0 spiro atoms. The van der Waals surface area contributed by atoms with Crippen LogP contribution in [0, 0.1) is 5.92 Å². The van der Waals surface area contributed by atoms with Crippen molar-refractivity contribution in [2.24, 2.45) is 17.4 Å². The van der Waals surface area contributed by atoms with Crippen LogP contribution in [0.4, 0.5) is 0 Å². The second-order valence-electron chi connectivity index (χ2n) is 4.30. The van der Waals surface area contributed by atoms with Crippen LogP contribution in [0.1, 0.15) is 24.9 Å². The van der Waals surface area contributed by atoms with Gasteiger partial charge in [-0.2, -0.15) is 0 Å². The van der Waals surface area contributed by atoms with E-state index in [1.807, 2.05) is 18.2 Å². The molecule has 17 heavy (non-hydrogen) atoms. The zero-order valence-corrected chi connectivity index (χ0v) is 10.8. The quantitative estimate of drug-likeness (QED) is 0.791. The van der Waals surface area contributed by atoms with Gasteiger partial charge in [-0.05, 0) is 36.6 Å². The molecule has 4 heteroatoms. The molecule has 0 fully saturated rings. The van der Waals surface area contributed by atoms with E-state index in [2.05, 4.69) is 6.92 Å². The fraction of sp³-hybridized carbons (Fsp3) is 0.538. The second-order valence-corrected chi connectivity index (χ2v) is 4.30. The molecule has 2 unspecified atom stereocenters. The first kappa shape index (κ1) is 13.8. The van der Waals surface area contributed by atoms with Gasteiger partial charge in [-0.1, -0.05) is 13.0 Å². The maximum atomic E-state index is 6.13. The van der Waals surface area contributed by atoms with Crippen LogP contribution in [0.5, 0.6) is 11.5 Å². The highest BCUT2D eigenvalue weighted by Gasteiger charge is 2.13. The van der Waals surface area contributed by atoms with Crippen molar-refractivity contribution in [2.75, 3.05) is 20.8 Å². The number of nitrogens with two attached hydrogens (primary N) is 2. The Morgan fingerprint density at radius 3 is 2.35 bits per heavy atom. The molecular formula is C13H22N2O2. The molecule has 0 aliphatic rings. The first-order valence-electron chi connectivity index (χ1n) is 5.80. The molecular weight excluding hydrogens is 216 g/mol. The third-order valence-corrected chi connectivity index (χ3v) is 2.89. The maximum Gasteiger partial charge on any atom is 0.161 e. The van der Waals surface area contributed by atoms with Crippen LogP contribution in [-0.4, -0.2) is 20.8 Å².